The molecule has 0 heterocycles. The Balaban J connectivity index is 2.35. The lowest BCUT2D eigenvalue weighted by atomic mass is 9.85. The first-order chi connectivity index (χ1) is 5.38. The number of allylic oxidation sites excluding steroid dienone is 4. The van der Waals surface area contributed by atoms with E-state index in [4.69, 9.17) is 0 Å². The molecule has 2 aliphatic rings. The first-order valence-electron chi connectivity index (χ1n) is 4.05. The van der Waals surface area contributed by atoms with Crippen molar-refractivity contribution in [2.45, 2.75) is 25.7 Å². The van der Waals surface area contributed by atoms with Crippen LogP contribution < -0.4 is 0 Å². The van der Waals surface area contributed by atoms with Crippen LogP contribution in [0.2, 0.25) is 0 Å². The number of hydrogen-bond donors (Lipinski definition) is 0. The Labute approximate surface area is 66.8 Å². The fraction of sp³-hybridized carbons (Fsp3) is 0.400. The Morgan fingerprint density at radius 2 is 2.36 bits per heavy atom. The van der Waals surface area contributed by atoms with Gasteiger partial charge in [-0.1, -0.05) is 12.2 Å². The number of rotatable bonds is 0. The van der Waals surface area contributed by atoms with Crippen molar-refractivity contribution in [1.29, 1.82) is 0 Å². The largest absolute Gasteiger partial charge is 0.294 e. The molecule has 1 heteroatoms. The lowest BCUT2D eigenvalue weighted by molar-refractivity contribution is -0.115. The molecule has 0 aliphatic heterocycles. The molecule has 0 atom stereocenters. The highest BCUT2D eigenvalue weighted by molar-refractivity contribution is 5.99. The minimum atomic E-state index is 0.301. The molecule has 0 saturated carbocycles. The van der Waals surface area contributed by atoms with Crippen molar-refractivity contribution in [1.82, 2.24) is 0 Å². The van der Waals surface area contributed by atoms with E-state index in [2.05, 4.69) is 6.42 Å². The summed E-state index contributed by atoms with van der Waals surface area (Å²) in [6, 6.07) is 0. The van der Waals surface area contributed by atoms with Crippen LogP contribution >= 0.6 is 0 Å². The molecule has 0 spiro atoms. The Bertz CT molecular complexity index is 246. The molecule has 2 aliphatic carbocycles. The van der Waals surface area contributed by atoms with Gasteiger partial charge in [0.25, 0.3) is 0 Å². The number of carbonyl (C=O) groups is 1. The highest BCUT2D eigenvalue weighted by atomic mass is 16.1. The van der Waals surface area contributed by atoms with Gasteiger partial charge in [0.05, 0.1) is 0 Å². The van der Waals surface area contributed by atoms with Crippen molar-refractivity contribution >= 4 is 5.78 Å². The fourth-order valence-electron chi connectivity index (χ4n) is 1.59. The van der Waals surface area contributed by atoms with E-state index < -0.39 is 0 Å². The Hall–Kier alpha value is -0.850. The topological polar surface area (TPSA) is 17.1 Å². The van der Waals surface area contributed by atoms with Crippen molar-refractivity contribution in [3.05, 3.63) is 29.7 Å². The standard InChI is InChI=1S/C10H10O/c11-10-7-3-5-8-4-1-2-6-9(8)10/h3,5H,1-2,6-7H2. The Morgan fingerprint density at radius 3 is 3.18 bits per heavy atom. The maximum atomic E-state index is 11.3. The highest BCUT2D eigenvalue weighted by Gasteiger charge is 2.19. The molecule has 11 heavy (non-hydrogen) atoms. The molecule has 0 fully saturated rings. The van der Waals surface area contributed by atoms with E-state index in [0.29, 0.717) is 12.2 Å². The van der Waals surface area contributed by atoms with E-state index in [-0.39, 0.29) is 0 Å². The van der Waals surface area contributed by atoms with Gasteiger partial charge in [-0.05, 0) is 30.4 Å². The summed E-state index contributed by atoms with van der Waals surface area (Å²) in [5, 5.41) is 0. The molecule has 1 nitrogen and oxygen atoms in total. The summed E-state index contributed by atoms with van der Waals surface area (Å²) in [7, 11) is 0. The van der Waals surface area contributed by atoms with Crippen LogP contribution in [0.5, 0.6) is 0 Å². The highest BCUT2D eigenvalue weighted by Crippen LogP contribution is 2.28. The third kappa shape index (κ3) is 1.15. The molecule has 0 bridgehead atoms. The van der Waals surface area contributed by atoms with Crippen molar-refractivity contribution in [3.63, 3.8) is 0 Å². The van der Waals surface area contributed by atoms with Gasteiger partial charge in [0.15, 0.2) is 5.78 Å². The van der Waals surface area contributed by atoms with E-state index in [0.717, 1.165) is 30.4 Å². The van der Waals surface area contributed by atoms with Crippen molar-refractivity contribution in [3.8, 4) is 0 Å². The minimum Gasteiger partial charge on any atom is -0.294 e. The molecule has 0 saturated heterocycles. The monoisotopic (exact) mass is 146 g/mol. The molecule has 0 aromatic heterocycles. The summed E-state index contributed by atoms with van der Waals surface area (Å²) >= 11 is 0. The van der Waals surface area contributed by atoms with Gasteiger partial charge in [-0.2, -0.15) is 0 Å². The number of ketones is 1. The number of Topliss-reactive ketones (excluding diaryl/α,β-unsaturated/α-hetero) is 1. The van der Waals surface area contributed by atoms with E-state index in [1.807, 2.05) is 12.2 Å². The zero-order chi connectivity index (χ0) is 7.68. The van der Waals surface area contributed by atoms with Crippen LogP contribution in [0.4, 0.5) is 0 Å². The SMILES string of the molecule is O=C1CC=CC2=C1CCC[C]2. The second kappa shape index (κ2) is 2.65. The lowest BCUT2D eigenvalue weighted by Crippen LogP contribution is -2.11. The average Bonchev–Trinajstić information content (AvgIpc) is 2.06. The van der Waals surface area contributed by atoms with Gasteiger partial charge < -0.3 is 0 Å². The second-order valence-corrected chi connectivity index (χ2v) is 2.95. The maximum absolute atomic E-state index is 11.3. The summed E-state index contributed by atoms with van der Waals surface area (Å²) in [6.45, 7) is 0. The zero-order valence-electron chi connectivity index (χ0n) is 6.39. The van der Waals surface area contributed by atoms with Crippen LogP contribution in [0.25, 0.3) is 0 Å². The molecule has 0 unspecified atom stereocenters. The molecule has 0 aromatic rings. The van der Waals surface area contributed by atoms with Gasteiger partial charge in [-0.15, -0.1) is 0 Å². The van der Waals surface area contributed by atoms with E-state index in [1.165, 1.54) is 0 Å². The number of hydrogen-bond acceptors (Lipinski definition) is 1. The molecular formula is C10H10O. The molecule has 0 N–H and O–H groups in total. The summed E-state index contributed by atoms with van der Waals surface area (Å²) in [4.78, 5) is 11.3. The summed E-state index contributed by atoms with van der Waals surface area (Å²) in [6.07, 6.45) is 10.8. The number of carbonyl (C=O) groups excluding carboxylic acids is 1. The van der Waals surface area contributed by atoms with Crippen LogP contribution in [0, 0.1) is 6.42 Å². The quantitative estimate of drug-likeness (QED) is 0.511. The molecule has 2 rings (SSSR count). The molecule has 0 aromatic carbocycles. The predicted molar refractivity (Wildman–Crippen MR) is 42.9 cm³/mol. The first-order valence-corrected chi connectivity index (χ1v) is 4.05. The smallest absolute Gasteiger partial charge is 0.162 e. The third-order valence-electron chi connectivity index (χ3n) is 2.17. The van der Waals surface area contributed by atoms with E-state index in [9.17, 15) is 4.79 Å². The van der Waals surface area contributed by atoms with Crippen molar-refractivity contribution < 1.29 is 4.79 Å². The van der Waals surface area contributed by atoms with Crippen LogP contribution in [-0.2, 0) is 4.79 Å². The van der Waals surface area contributed by atoms with Crippen LogP contribution in [0.3, 0.4) is 0 Å². The van der Waals surface area contributed by atoms with Crippen molar-refractivity contribution in [2.75, 3.05) is 0 Å². The summed E-state index contributed by atoms with van der Waals surface area (Å²) < 4.78 is 0. The molecule has 2 radical (unpaired) electrons. The third-order valence-corrected chi connectivity index (χ3v) is 2.17. The fourth-order valence-corrected chi connectivity index (χ4v) is 1.59. The van der Waals surface area contributed by atoms with Gasteiger partial charge in [0.1, 0.15) is 0 Å². The lowest BCUT2D eigenvalue weighted by Gasteiger charge is -2.18. The Kier molecular flexibility index (Phi) is 1.65. The second-order valence-electron chi connectivity index (χ2n) is 2.95. The molecule has 0 amide bonds. The van der Waals surface area contributed by atoms with Crippen molar-refractivity contribution in [2.24, 2.45) is 0 Å². The predicted octanol–water partition coefficient (Wildman–Crippen LogP) is 2.08. The normalized spacial score (nSPS) is 23.8. The average molecular weight is 146 g/mol. The van der Waals surface area contributed by atoms with Gasteiger partial charge in [-0.3, -0.25) is 4.79 Å². The first kappa shape index (κ1) is 6.84. The summed E-state index contributed by atoms with van der Waals surface area (Å²) in [5.74, 6) is 0.301. The zero-order valence-corrected chi connectivity index (χ0v) is 6.39. The van der Waals surface area contributed by atoms with Crippen LogP contribution in [-0.4, -0.2) is 5.78 Å². The maximum Gasteiger partial charge on any atom is 0.162 e. The van der Waals surface area contributed by atoms with Crippen LogP contribution in [0.1, 0.15) is 25.7 Å². The van der Waals surface area contributed by atoms with Gasteiger partial charge in [-0.25, -0.2) is 0 Å². The van der Waals surface area contributed by atoms with Crippen LogP contribution in [0.15, 0.2) is 23.3 Å². The summed E-state index contributed by atoms with van der Waals surface area (Å²) in [5.41, 5.74) is 2.08. The van der Waals surface area contributed by atoms with Gasteiger partial charge in [0.2, 0.25) is 0 Å². The van der Waals surface area contributed by atoms with E-state index in [1.54, 1.807) is 0 Å². The molecule has 56 valence electrons. The minimum absolute atomic E-state index is 0.301. The Morgan fingerprint density at radius 1 is 1.45 bits per heavy atom. The van der Waals surface area contributed by atoms with Gasteiger partial charge in [0, 0.05) is 12.8 Å². The van der Waals surface area contributed by atoms with Gasteiger partial charge >= 0.3 is 0 Å². The van der Waals surface area contributed by atoms with E-state index >= 15 is 0 Å². The molecular weight excluding hydrogens is 136 g/mol.